The number of amides is 3. The number of nitrogens with one attached hydrogen (secondary N) is 2. The average molecular weight is 492 g/mol. The van der Waals surface area contributed by atoms with Crippen LogP contribution in [0.5, 0.6) is 0 Å². The second-order valence-electron chi connectivity index (χ2n) is 8.80. The van der Waals surface area contributed by atoms with Crippen molar-refractivity contribution in [3.05, 3.63) is 62.6 Å². The lowest BCUT2D eigenvalue weighted by Crippen LogP contribution is -2.49. The summed E-state index contributed by atoms with van der Waals surface area (Å²) < 4.78 is 0. The molecule has 0 bridgehead atoms. The Balaban J connectivity index is 2.11. The third-order valence-electron chi connectivity index (χ3n) is 5.18. The summed E-state index contributed by atoms with van der Waals surface area (Å²) in [5.74, 6) is -0.995. The van der Waals surface area contributed by atoms with E-state index in [0.717, 1.165) is 22.4 Å². The molecule has 0 saturated carbocycles. The minimum atomic E-state index is -0.801. The molecule has 1 unspecified atom stereocenters. The van der Waals surface area contributed by atoms with E-state index in [2.05, 4.69) is 10.6 Å². The first-order valence-electron chi connectivity index (χ1n) is 10.8. The minimum absolute atomic E-state index is 0.139. The highest BCUT2D eigenvalue weighted by Gasteiger charge is 2.27. The van der Waals surface area contributed by atoms with Crippen LogP contribution in [-0.4, -0.2) is 42.3 Å². The van der Waals surface area contributed by atoms with Crippen LogP contribution >= 0.6 is 23.2 Å². The van der Waals surface area contributed by atoms with Crippen LogP contribution in [0.25, 0.3) is 0 Å². The van der Waals surface area contributed by atoms with Crippen LogP contribution in [-0.2, 0) is 9.59 Å². The predicted octanol–water partition coefficient (Wildman–Crippen LogP) is 5.16. The van der Waals surface area contributed by atoms with Crippen molar-refractivity contribution in [1.82, 2.24) is 10.2 Å². The molecule has 2 aromatic rings. The second-order valence-corrected chi connectivity index (χ2v) is 9.64. The van der Waals surface area contributed by atoms with E-state index in [9.17, 15) is 14.4 Å². The molecule has 2 N–H and O–H groups in total. The Morgan fingerprint density at radius 1 is 1.00 bits per heavy atom. The Kier molecular flexibility index (Phi) is 9.32. The highest BCUT2D eigenvalue weighted by molar-refractivity contribution is 6.36. The van der Waals surface area contributed by atoms with Crippen LogP contribution in [0, 0.1) is 26.7 Å². The molecule has 0 aromatic heterocycles. The molecular weight excluding hydrogens is 461 g/mol. The van der Waals surface area contributed by atoms with Crippen molar-refractivity contribution in [3.8, 4) is 0 Å². The van der Waals surface area contributed by atoms with Gasteiger partial charge in [-0.1, -0.05) is 54.7 Å². The number of anilines is 1. The highest BCUT2D eigenvalue weighted by Crippen LogP contribution is 2.23. The maximum atomic E-state index is 13.1. The van der Waals surface area contributed by atoms with E-state index in [4.69, 9.17) is 23.2 Å². The molecule has 0 fully saturated rings. The summed E-state index contributed by atoms with van der Waals surface area (Å²) >= 11 is 12.1. The Morgan fingerprint density at radius 3 is 2.15 bits per heavy atom. The van der Waals surface area contributed by atoms with Crippen LogP contribution < -0.4 is 10.6 Å². The van der Waals surface area contributed by atoms with Gasteiger partial charge in [0.25, 0.3) is 5.91 Å². The number of hydrogen-bond donors (Lipinski definition) is 2. The van der Waals surface area contributed by atoms with E-state index in [-0.39, 0.29) is 34.9 Å². The molecule has 0 aliphatic carbocycles. The monoisotopic (exact) mass is 491 g/mol. The molecule has 1 atom stereocenters. The number of hydrogen-bond acceptors (Lipinski definition) is 3. The molecule has 8 heteroatoms. The van der Waals surface area contributed by atoms with Gasteiger partial charge < -0.3 is 15.5 Å². The third-order valence-corrected chi connectivity index (χ3v) is 5.73. The number of carbonyl (C=O) groups is 3. The van der Waals surface area contributed by atoms with E-state index in [1.54, 1.807) is 13.1 Å². The molecular formula is C25H31Cl2N3O3. The molecule has 0 spiro atoms. The van der Waals surface area contributed by atoms with E-state index in [1.165, 1.54) is 17.0 Å². The van der Waals surface area contributed by atoms with E-state index < -0.39 is 11.9 Å². The van der Waals surface area contributed by atoms with Gasteiger partial charge in [-0.05, 0) is 62.4 Å². The van der Waals surface area contributed by atoms with Crippen molar-refractivity contribution >= 4 is 46.6 Å². The topological polar surface area (TPSA) is 78.5 Å². The fourth-order valence-electron chi connectivity index (χ4n) is 3.72. The van der Waals surface area contributed by atoms with Gasteiger partial charge in [0.2, 0.25) is 11.8 Å². The molecule has 0 radical (unpaired) electrons. The third kappa shape index (κ3) is 7.47. The van der Waals surface area contributed by atoms with Crippen molar-refractivity contribution < 1.29 is 14.4 Å². The SMILES string of the molecule is Cc1cc(C)c(NC(=O)CN(C)C(=O)C(CC(C)C)NC(=O)c2ccc(Cl)cc2Cl)c(C)c1. The lowest BCUT2D eigenvalue weighted by atomic mass is 10.0. The molecule has 0 saturated heterocycles. The van der Waals surface area contributed by atoms with E-state index in [0.29, 0.717) is 11.4 Å². The van der Waals surface area contributed by atoms with Gasteiger partial charge in [-0.2, -0.15) is 0 Å². The number of rotatable bonds is 8. The molecule has 0 heterocycles. The van der Waals surface area contributed by atoms with E-state index in [1.807, 2.05) is 46.8 Å². The number of aryl methyl sites for hydroxylation is 3. The van der Waals surface area contributed by atoms with Crippen molar-refractivity contribution in [3.63, 3.8) is 0 Å². The Hall–Kier alpha value is -2.57. The van der Waals surface area contributed by atoms with Gasteiger partial charge in [-0.3, -0.25) is 14.4 Å². The summed E-state index contributed by atoms with van der Waals surface area (Å²) in [4.78, 5) is 39.9. The summed E-state index contributed by atoms with van der Waals surface area (Å²) in [5, 5.41) is 6.28. The Bertz CT molecular complexity index is 1030. The predicted molar refractivity (Wildman–Crippen MR) is 134 cm³/mol. The van der Waals surface area contributed by atoms with Gasteiger partial charge in [0.15, 0.2) is 0 Å². The summed E-state index contributed by atoms with van der Waals surface area (Å²) in [6.07, 6.45) is 0.415. The van der Waals surface area contributed by atoms with Gasteiger partial charge in [-0.25, -0.2) is 0 Å². The van der Waals surface area contributed by atoms with Crippen LogP contribution in [0.1, 0.15) is 47.3 Å². The number of likely N-dealkylation sites (N-methyl/N-ethyl adjacent to an activating group) is 1. The van der Waals surface area contributed by atoms with Crippen molar-refractivity contribution in [2.45, 2.75) is 47.1 Å². The van der Waals surface area contributed by atoms with Gasteiger partial charge in [0.05, 0.1) is 17.1 Å². The molecule has 2 aromatic carbocycles. The maximum absolute atomic E-state index is 13.1. The number of halogens is 2. The second kappa shape index (κ2) is 11.5. The molecule has 0 aliphatic rings. The maximum Gasteiger partial charge on any atom is 0.253 e. The molecule has 0 aliphatic heterocycles. The number of nitrogens with zero attached hydrogens (tertiary/aromatic N) is 1. The van der Waals surface area contributed by atoms with Crippen molar-refractivity contribution in [1.29, 1.82) is 0 Å². The zero-order valence-electron chi connectivity index (χ0n) is 19.9. The highest BCUT2D eigenvalue weighted by atomic mass is 35.5. The lowest BCUT2D eigenvalue weighted by molar-refractivity contribution is -0.135. The summed E-state index contributed by atoms with van der Waals surface area (Å²) in [6.45, 7) is 9.63. The fourth-order valence-corrected chi connectivity index (χ4v) is 4.21. The molecule has 6 nitrogen and oxygen atoms in total. The molecule has 3 amide bonds. The van der Waals surface area contributed by atoms with Gasteiger partial charge in [0, 0.05) is 17.8 Å². The first-order chi connectivity index (χ1) is 15.4. The fraction of sp³-hybridized carbons (Fsp3) is 0.400. The van der Waals surface area contributed by atoms with Crippen molar-refractivity contribution in [2.24, 2.45) is 5.92 Å². The van der Waals surface area contributed by atoms with Gasteiger partial charge in [-0.15, -0.1) is 0 Å². The van der Waals surface area contributed by atoms with Crippen LogP contribution in [0.2, 0.25) is 10.0 Å². The summed E-state index contributed by atoms with van der Waals surface area (Å²) in [6, 6.07) is 7.74. The molecule has 2 rings (SSSR count). The Morgan fingerprint density at radius 2 is 1.61 bits per heavy atom. The first-order valence-corrected chi connectivity index (χ1v) is 11.5. The largest absolute Gasteiger partial charge is 0.340 e. The van der Waals surface area contributed by atoms with E-state index >= 15 is 0 Å². The number of carbonyl (C=O) groups excluding carboxylic acids is 3. The lowest BCUT2D eigenvalue weighted by Gasteiger charge is -2.26. The first kappa shape index (κ1) is 26.7. The summed E-state index contributed by atoms with van der Waals surface area (Å²) in [7, 11) is 1.55. The smallest absolute Gasteiger partial charge is 0.253 e. The summed E-state index contributed by atoms with van der Waals surface area (Å²) in [5.41, 5.74) is 4.01. The quantitative estimate of drug-likeness (QED) is 0.535. The zero-order valence-corrected chi connectivity index (χ0v) is 21.4. The van der Waals surface area contributed by atoms with Crippen LogP contribution in [0.4, 0.5) is 5.69 Å². The van der Waals surface area contributed by atoms with Gasteiger partial charge >= 0.3 is 0 Å². The standard InChI is InChI=1S/C25H31Cl2N3O3/c1-14(2)9-21(28-24(32)19-8-7-18(26)12-20(19)27)25(33)30(6)13-22(31)29-23-16(4)10-15(3)11-17(23)5/h7-8,10-12,14,21H,9,13H2,1-6H3,(H,28,32)(H,29,31). The Labute approximate surface area is 205 Å². The zero-order chi connectivity index (χ0) is 24.9. The van der Waals surface area contributed by atoms with Crippen LogP contribution in [0.15, 0.2) is 30.3 Å². The molecule has 178 valence electrons. The van der Waals surface area contributed by atoms with Gasteiger partial charge in [0.1, 0.15) is 6.04 Å². The van der Waals surface area contributed by atoms with Crippen molar-refractivity contribution in [2.75, 3.05) is 18.9 Å². The average Bonchev–Trinajstić information content (AvgIpc) is 2.69. The molecule has 33 heavy (non-hydrogen) atoms. The number of benzene rings is 2. The normalized spacial score (nSPS) is 11.8. The minimum Gasteiger partial charge on any atom is -0.340 e. The van der Waals surface area contributed by atoms with Crippen LogP contribution in [0.3, 0.4) is 0 Å².